The molecule has 0 aliphatic heterocycles. The van der Waals surface area contributed by atoms with Crippen LogP contribution >= 0.6 is 0 Å². The molecule has 0 saturated carbocycles. The SMILES string of the molecule is CCCCCCCCCC(=O)c1ccc2cc(OC)ccc2c1. The minimum absolute atomic E-state index is 0.260. The van der Waals surface area contributed by atoms with Gasteiger partial charge in [-0.1, -0.05) is 63.6 Å². The van der Waals surface area contributed by atoms with Gasteiger partial charge in [0.15, 0.2) is 5.78 Å². The summed E-state index contributed by atoms with van der Waals surface area (Å²) in [7, 11) is 1.67. The molecule has 0 aliphatic rings. The molecule has 2 rings (SSSR count). The Morgan fingerprint density at radius 3 is 2.26 bits per heavy atom. The smallest absolute Gasteiger partial charge is 0.162 e. The molecule has 0 saturated heterocycles. The second-order valence-electron chi connectivity index (χ2n) is 6.22. The largest absolute Gasteiger partial charge is 0.497 e. The van der Waals surface area contributed by atoms with Crippen LogP contribution in [0.3, 0.4) is 0 Å². The van der Waals surface area contributed by atoms with Gasteiger partial charge in [-0.3, -0.25) is 4.79 Å². The van der Waals surface area contributed by atoms with E-state index in [1.165, 1.54) is 38.5 Å². The number of carbonyl (C=O) groups excluding carboxylic acids is 1. The van der Waals surface area contributed by atoms with Crippen molar-refractivity contribution in [2.45, 2.75) is 58.3 Å². The van der Waals surface area contributed by atoms with Crippen LogP contribution in [-0.2, 0) is 0 Å². The highest BCUT2D eigenvalue weighted by atomic mass is 16.5. The molecule has 0 unspecified atom stereocenters. The maximum atomic E-state index is 12.3. The molecule has 0 aromatic heterocycles. The fourth-order valence-electron chi connectivity index (χ4n) is 2.91. The van der Waals surface area contributed by atoms with Gasteiger partial charge >= 0.3 is 0 Å². The van der Waals surface area contributed by atoms with Crippen LogP contribution in [0, 0.1) is 0 Å². The van der Waals surface area contributed by atoms with Crippen molar-refractivity contribution in [1.82, 2.24) is 0 Å². The van der Waals surface area contributed by atoms with Crippen molar-refractivity contribution in [3.8, 4) is 5.75 Å². The lowest BCUT2D eigenvalue weighted by Crippen LogP contribution is -1.99. The van der Waals surface area contributed by atoms with Crippen molar-refractivity contribution in [2.24, 2.45) is 0 Å². The minimum atomic E-state index is 0.260. The predicted octanol–water partition coefficient (Wildman–Crippen LogP) is 6.17. The molecule has 0 fully saturated rings. The lowest BCUT2D eigenvalue weighted by molar-refractivity contribution is 0.0979. The zero-order valence-electron chi connectivity index (χ0n) is 14.4. The Bertz CT molecular complexity index is 631. The number of fused-ring (bicyclic) bond motifs is 1. The van der Waals surface area contributed by atoms with Crippen molar-refractivity contribution in [2.75, 3.05) is 7.11 Å². The third kappa shape index (κ3) is 5.38. The van der Waals surface area contributed by atoms with Gasteiger partial charge in [-0.2, -0.15) is 0 Å². The summed E-state index contributed by atoms with van der Waals surface area (Å²) < 4.78 is 5.23. The van der Waals surface area contributed by atoms with E-state index in [1.807, 2.05) is 36.4 Å². The number of methoxy groups -OCH3 is 1. The number of carbonyl (C=O) groups is 1. The summed E-state index contributed by atoms with van der Waals surface area (Å²) >= 11 is 0. The Labute approximate surface area is 139 Å². The standard InChI is InChI=1S/C21H28O2/c1-3-4-5-6-7-8-9-10-21(22)19-12-11-18-16-20(23-2)14-13-17(18)15-19/h11-16H,3-10H2,1-2H3. The summed E-state index contributed by atoms with van der Waals surface area (Å²) in [5, 5.41) is 2.20. The van der Waals surface area contributed by atoms with Crippen LogP contribution in [0.5, 0.6) is 5.75 Å². The molecule has 0 radical (unpaired) electrons. The third-order valence-electron chi connectivity index (χ3n) is 4.38. The van der Waals surface area contributed by atoms with E-state index in [4.69, 9.17) is 4.74 Å². The molecule has 124 valence electrons. The zero-order valence-corrected chi connectivity index (χ0v) is 14.4. The second-order valence-corrected chi connectivity index (χ2v) is 6.22. The average Bonchev–Trinajstić information content (AvgIpc) is 2.59. The van der Waals surface area contributed by atoms with E-state index in [0.717, 1.165) is 28.5 Å². The monoisotopic (exact) mass is 312 g/mol. The predicted molar refractivity (Wildman–Crippen MR) is 97.4 cm³/mol. The maximum absolute atomic E-state index is 12.3. The number of benzene rings is 2. The lowest BCUT2D eigenvalue weighted by atomic mass is 10.00. The van der Waals surface area contributed by atoms with Gasteiger partial charge in [0.25, 0.3) is 0 Å². The summed E-state index contributed by atoms with van der Waals surface area (Å²) in [6, 6.07) is 11.9. The van der Waals surface area contributed by atoms with Gasteiger partial charge in [0, 0.05) is 12.0 Å². The molecule has 2 aromatic rings. The molecular formula is C21H28O2. The summed E-state index contributed by atoms with van der Waals surface area (Å²) in [4.78, 5) is 12.3. The molecule has 0 bridgehead atoms. The molecule has 23 heavy (non-hydrogen) atoms. The molecule has 0 N–H and O–H groups in total. The number of hydrogen-bond acceptors (Lipinski definition) is 2. The fourth-order valence-corrected chi connectivity index (χ4v) is 2.91. The number of unbranched alkanes of at least 4 members (excludes halogenated alkanes) is 6. The molecule has 0 spiro atoms. The number of hydrogen-bond donors (Lipinski definition) is 0. The first-order valence-electron chi connectivity index (χ1n) is 8.85. The summed E-state index contributed by atoms with van der Waals surface area (Å²) in [6.07, 6.45) is 9.34. The van der Waals surface area contributed by atoms with Crippen LogP contribution in [0.1, 0.15) is 68.6 Å². The second kappa shape index (κ2) is 9.34. The lowest BCUT2D eigenvalue weighted by Gasteiger charge is -2.06. The zero-order chi connectivity index (χ0) is 16.5. The van der Waals surface area contributed by atoms with Gasteiger partial charge in [-0.25, -0.2) is 0 Å². The summed E-state index contributed by atoms with van der Waals surface area (Å²) in [5.41, 5.74) is 0.827. The van der Waals surface area contributed by atoms with E-state index in [2.05, 4.69) is 6.92 Å². The van der Waals surface area contributed by atoms with Crippen molar-refractivity contribution in [3.63, 3.8) is 0 Å². The number of Topliss-reactive ketones (excluding diaryl/α,β-unsaturated/α-hetero) is 1. The van der Waals surface area contributed by atoms with Crippen molar-refractivity contribution in [3.05, 3.63) is 42.0 Å². The quantitative estimate of drug-likeness (QED) is 0.387. The maximum Gasteiger partial charge on any atom is 0.162 e. The minimum Gasteiger partial charge on any atom is -0.497 e. The van der Waals surface area contributed by atoms with Crippen molar-refractivity contribution >= 4 is 16.6 Å². The van der Waals surface area contributed by atoms with E-state index >= 15 is 0 Å². The highest BCUT2D eigenvalue weighted by molar-refractivity contribution is 6.00. The Balaban J connectivity index is 1.84. The first-order valence-corrected chi connectivity index (χ1v) is 8.85. The Hall–Kier alpha value is -1.83. The molecule has 2 nitrogen and oxygen atoms in total. The Morgan fingerprint density at radius 1 is 0.870 bits per heavy atom. The van der Waals surface area contributed by atoms with E-state index < -0.39 is 0 Å². The molecule has 0 atom stereocenters. The number of ether oxygens (including phenoxy) is 1. The van der Waals surface area contributed by atoms with Crippen molar-refractivity contribution in [1.29, 1.82) is 0 Å². The van der Waals surface area contributed by atoms with Crippen LogP contribution in [0.15, 0.2) is 36.4 Å². The van der Waals surface area contributed by atoms with E-state index in [-0.39, 0.29) is 5.78 Å². The van der Waals surface area contributed by atoms with Crippen molar-refractivity contribution < 1.29 is 9.53 Å². The van der Waals surface area contributed by atoms with Gasteiger partial charge < -0.3 is 4.74 Å². The van der Waals surface area contributed by atoms with Gasteiger partial charge in [0.1, 0.15) is 5.75 Å². The van der Waals surface area contributed by atoms with E-state index in [0.29, 0.717) is 6.42 Å². The average molecular weight is 312 g/mol. The van der Waals surface area contributed by atoms with Crippen LogP contribution in [0.2, 0.25) is 0 Å². The highest BCUT2D eigenvalue weighted by Crippen LogP contribution is 2.22. The summed E-state index contributed by atoms with van der Waals surface area (Å²) in [5.74, 6) is 1.11. The highest BCUT2D eigenvalue weighted by Gasteiger charge is 2.07. The Kier molecular flexibility index (Phi) is 7.12. The van der Waals surface area contributed by atoms with Crippen LogP contribution < -0.4 is 4.74 Å². The molecule has 2 aromatic carbocycles. The van der Waals surface area contributed by atoms with Gasteiger partial charge in [-0.05, 0) is 35.4 Å². The van der Waals surface area contributed by atoms with Gasteiger partial charge in [0.05, 0.1) is 7.11 Å². The Morgan fingerprint density at radius 2 is 1.52 bits per heavy atom. The third-order valence-corrected chi connectivity index (χ3v) is 4.38. The molecule has 0 amide bonds. The van der Waals surface area contributed by atoms with Crippen LogP contribution in [0.25, 0.3) is 10.8 Å². The number of rotatable bonds is 10. The normalized spacial score (nSPS) is 10.9. The summed E-state index contributed by atoms with van der Waals surface area (Å²) in [6.45, 7) is 2.23. The molecule has 0 heterocycles. The first-order chi connectivity index (χ1) is 11.2. The fraction of sp³-hybridized carbons (Fsp3) is 0.476. The van der Waals surface area contributed by atoms with Crippen LogP contribution in [0.4, 0.5) is 0 Å². The van der Waals surface area contributed by atoms with E-state index in [9.17, 15) is 4.79 Å². The molecule has 0 aliphatic carbocycles. The van der Waals surface area contributed by atoms with Gasteiger partial charge in [0.2, 0.25) is 0 Å². The van der Waals surface area contributed by atoms with E-state index in [1.54, 1.807) is 7.11 Å². The topological polar surface area (TPSA) is 26.3 Å². The molecular weight excluding hydrogens is 284 g/mol. The first kappa shape index (κ1) is 17.5. The molecule has 2 heteroatoms. The number of ketones is 1. The van der Waals surface area contributed by atoms with Gasteiger partial charge in [-0.15, -0.1) is 0 Å². The van der Waals surface area contributed by atoms with Crippen LogP contribution in [-0.4, -0.2) is 12.9 Å².